The fourth-order valence-electron chi connectivity index (χ4n) is 2.46. The standard InChI is InChI=1S/C14H22N2O/c1-10-4-5-11(2)16(9-10)13-6-7-14(12(3)17)15-8-13/h6-8,10-12,17H,4-5,9H2,1-3H3/t10?,11?,12-/m0/s1. The van der Waals surface area contributed by atoms with Gasteiger partial charge in [-0.15, -0.1) is 0 Å². The number of aliphatic hydroxyl groups excluding tert-OH is 1. The summed E-state index contributed by atoms with van der Waals surface area (Å²) in [4.78, 5) is 6.74. The molecule has 1 fully saturated rings. The molecule has 1 aromatic heterocycles. The van der Waals surface area contributed by atoms with E-state index in [1.165, 1.54) is 18.5 Å². The first-order chi connectivity index (χ1) is 8.08. The maximum Gasteiger partial charge on any atom is 0.0931 e. The molecule has 1 aromatic rings. The van der Waals surface area contributed by atoms with E-state index in [4.69, 9.17) is 0 Å². The van der Waals surface area contributed by atoms with Crippen molar-refractivity contribution in [1.29, 1.82) is 0 Å². The Hall–Kier alpha value is -1.09. The average molecular weight is 234 g/mol. The minimum Gasteiger partial charge on any atom is -0.387 e. The van der Waals surface area contributed by atoms with Gasteiger partial charge in [-0.2, -0.15) is 0 Å². The highest BCUT2D eigenvalue weighted by atomic mass is 16.3. The van der Waals surface area contributed by atoms with E-state index < -0.39 is 6.10 Å². The summed E-state index contributed by atoms with van der Waals surface area (Å²) in [5.74, 6) is 0.752. The number of piperidine rings is 1. The number of aromatic nitrogens is 1. The first-order valence-electron chi connectivity index (χ1n) is 6.48. The molecule has 0 aromatic carbocycles. The third kappa shape index (κ3) is 2.78. The number of rotatable bonds is 2. The molecule has 2 unspecified atom stereocenters. The van der Waals surface area contributed by atoms with Crippen molar-refractivity contribution in [2.75, 3.05) is 11.4 Å². The highest BCUT2D eigenvalue weighted by Crippen LogP contribution is 2.27. The van der Waals surface area contributed by atoms with Crippen molar-refractivity contribution in [2.24, 2.45) is 5.92 Å². The van der Waals surface area contributed by atoms with Gasteiger partial charge in [0.05, 0.1) is 23.7 Å². The van der Waals surface area contributed by atoms with Crippen LogP contribution in [0.4, 0.5) is 5.69 Å². The molecule has 3 heteroatoms. The van der Waals surface area contributed by atoms with E-state index in [9.17, 15) is 5.11 Å². The molecule has 0 amide bonds. The molecule has 2 rings (SSSR count). The molecule has 0 spiro atoms. The van der Waals surface area contributed by atoms with Gasteiger partial charge in [-0.25, -0.2) is 0 Å². The zero-order valence-corrected chi connectivity index (χ0v) is 10.9. The number of nitrogens with zero attached hydrogens (tertiary/aromatic N) is 2. The van der Waals surface area contributed by atoms with Crippen molar-refractivity contribution in [3.8, 4) is 0 Å². The molecule has 0 saturated carbocycles. The molecule has 1 aliphatic rings. The molecular formula is C14H22N2O. The Morgan fingerprint density at radius 1 is 1.35 bits per heavy atom. The van der Waals surface area contributed by atoms with Crippen LogP contribution in [0.25, 0.3) is 0 Å². The van der Waals surface area contributed by atoms with E-state index in [2.05, 4.69) is 29.8 Å². The zero-order valence-electron chi connectivity index (χ0n) is 10.9. The Kier molecular flexibility index (Phi) is 3.67. The smallest absolute Gasteiger partial charge is 0.0931 e. The van der Waals surface area contributed by atoms with E-state index >= 15 is 0 Å². The summed E-state index contributed by atoms with van der Waals surface area (Å²) in [7, 11) is 0. The second kappa shape index (κ2) is 5.05. The van der Waals surface area contributed by atoms with E-state index in [0.29, 0.717) is 6.04 Å². The maximum atomic E-state index is 9.44. The summed E-state index contributed by atoms with van der Waals surface area (Å²) >= 11 is 0. The zero-order chi connectivity index (χ0) is 12.4. The van der Waals surface area contributed by atoms with Gasteiger partial charge in [-0.05, 0) is 44.7 Å². The molecule has 1 aliphatic heterocycles. The number of aliphatic hydroxyl groups is 1. The van der Waals surface area contributed by atoms with Gasteiger partial charge in [-0.1, -0.05) is 6.92 Å². The van der Waals surface area contributed by atoms with Crippen molar-refractivity contribution < 1.29 is 5.11 Å². The summed E-state index contributed by atoms with van der Waals surface area (Å²) in [6, 6.07) is 4.58. The van der Waals surface area contributed by atoms with Gasteiger partial charge in [0.25, 0.3) is 0 Å². The molecule has 2 heterocycles. The van der Waals surface area contributed by atoms with Crippen LogP contribution in [0.1, 0.15) is 45.4 Å². The van der Waals surface area contributed by atoms with Crippen LogP contribution in [-0.4, -0.2) is 22.7 Å². The van der Waals surface area contributed by atoms with E-state index in [1.54, 1.807) is 6.92 Å². The highest BCUT2D eigenvalue weighted by molar-refractivity contribution is 5.46. The van der Waals surface area contributed by atoms with Crippen molar-refractivity contribution in [3.63, 3.8) is 0 Å². The molecule has 1 saturated heterocycles. The van der Waals surface area contributed by atoms with Crippen LogP contribution < -0.4 is 4.90 Å². The summed E-state index contributed by atoms with van der Waals surface area (Å²) in [5.41, 5.74) is 1.92. The fourth-order valence-corrected chi connectivity index (χ4v) is 2.46. The third-order valence-corrected chi connectivity index (χ3v) is 3.65. The van der Waals surface area contributed by atoms with E-state index in [0.717, 1.165) is 18.2 Å². The Morgan fingerprint density at radius 2 is 2.12 bits per heavy atom. The van der Waals surface area contributed by atoms with Crippen LogP contribution in [0.2, 0.25) is 0 Å². The molecule has 3 atom stereocenters. The quantitative estimate of drug-likeness (QED) is 0.854. The van der Waals surface area contributed by atoms with Gasteiger partial charge >= 0.3 is 0 Å². The van der Waals surface area contributed by atoms with Crippen LogP contribution >= 0.6 is 0 Å². The normalized spacial score (nSPS) is 26.9. The van der Waals surface area contributed by atoms with E-state index in [1.807, 2.05) is 12.3 Å². The summed E-state index contributed by atoms with van der Waals surface area (Å²) in [6.07, 6.45) is 3.97. The SMILES string of the molecule is CC1CCC(C)N(c2ccc([C@H](C)O)nc2)C1. The fraction of sp³-hybridized carbons (Fsp3) is 0.643. The van der Waals surface area contributed by atoms with Crippen molar-refractivity contribution in [3.05, 3.63) is 24.0 Å². The number of hydrogen-bond donors (Lipinski definition) is 1. The number of hydrogen-bond acceptors (Lipinski definition) is 3. The van der Waals surface area contributed by atoms with Gasteiger partial charge in [0.2, 0.25) is 0 Å². The highest BCUT2D eigenvalue weighted by Gasteiger charge is 2.23. The molecular weight excluding hydrogens is 212 g/mol. The summed E-state index contributed by atoms with van der Waals surface area (Å²) in [5, 5.41) is 9.44. The lowest BCUT2D eigenvalue weighted by Crippen LogP contribution is -2.41. The molecule has 17 heavy (non-hydrogen) atoms. The topological polar surface area (TPSA) is 36.4 Å². The summed E-state index contributed by atoms with van der Waals surface area (Å²) < 4.78 is 0. The lowest BCUT2D eigenvalue weighted by atomic mass is 9.94. The lowest BCUT2D eigenvalue weighted by Gasteiger charge is -2.38. The van der Waals surface area contributed by atoms with Crippen molar-refractivity contribution >= 4 is 5.69 Å². The average Bonchev–Trinajstić information content (AvgIpc) is 2.32. The second-order valence-corrected chi connectivity index (χ2v) is 5.30. The number of pyridine rings is 1. The molecule has 94 valence electrons. The first kappa shape index (κ1) is 12.4. The minimum absolute atomic E-state index is 0.484. The molecule has 0 bridgehead atoms. The molecule has 1 N–H and O–H groups in total. The third-order valence-electron chi connectivity index (χ3n) is 3.65. The van der Waals surface area contributed by atoms with Crippen molar-refractivity contribution in [1.82, 2.24) is 4.98 Å². The maximum absolute atomic E-state index is 9.44. The van der Waals surface area contributed by atoms with Crippen LogP contribution in [0, 0.1) is 5.92 Å². The first-order valence-corrected chi connectivity index (χ1v) is 6.48. The van der Waals surface area contributed by atoms with Crippen LogP contribution in [0.3, 0.4) is 0 Å². The molecule has 0 aliphatic carbocycles. The Labute approximate surface area is 103 Å². The van der Waals surface area contributed by atoms with Gasteiger partial charge in [0.15, 0.2) is 0 Å². The lowest BCUT2D eigenvalue weighted by molar-refractivity contribution is 0.194. The molecule has 0 radical (unpaired) electrons. The Bertz CT molecular complexity index is 361. The van der Waals surface area contributed by atoms with Gasteiger partial charge in [0, 0.05) is 12.6 Å². The van der Waals surface area contributed by atoms with E-state index in [-0.39, 0.29) is 0 Å². The second-order valence-electron chi connectivity index (χ2n) is 5.30. The largest absolute Gasteiger partial charge is 0.387 e. The van der Waals surface area contributed by atoms with Gasteiger partial charge in [-0.3, -0.25) is 4.98 Å². The summed E-state index contributed by atoms with van der Waals surface area (Å²) in [6.45, 7) is 7.43. The van der Waals surface area contributed by atoms with Gasteiger partial charge < -0.3 is 10.0 Å². The Morgan fingerprint density at radius 3 is 2.71 bits per heavy atom. The Balaban J connectivity index is 2.15. The van der Waals surface area contributed by atoms with Crippen LogP contribution in [0.5, 0.6) is 0 Å². The molecule has 3 nitrogen and oxygen atoms in total. The van der Waals surface area contributed by atoms with Crippen LogP contribution in [0.15, 0.2) is 18.3 Å². The van der Waals surface area contributed by atoms with Crippen molar-refractivity contribution in [2.45, 2.75) is 45.8 Å². The van der Waals surface area contributed by atoms with Gasteiger partial charge in [0.1, 0.15) is 0 Å². The minimum atomic E-state index is -0.484. The predicted octanol–water partition coefficient (Wildman–Crippen LogP) is 2.76. The number of anilines is 1. The predicted molar refractivity (Wildman–Crippen MR) is 70.1 cm³/mol. The van der Waals surface area contributed by atoms with Crippen LogP contribution in [-0.2, 0) is 0 Å². The monoisotopic (exact) mass is 234 g/mol.